The summed E-state index contributed by atoms with van der Waals surface area (Å²) in [6.45, 7) is 7.26. The van der Waals surface area contributed by atoms with Crippen LogP contribution in [0.2, 0.25) is 0 Å². The maximum atomic E-state index is 11.4. The van der Waals surface area contributed by atoms with Gasteiger partial charge in [0.05, 0.1) is 11.7 Å². The number of esters is 1. The molecule has 0 amide bonds. The summed E-state index contributed by atoms with van der Waals surface area (Å²) >= 11 is 0. The van der Waals surface area contributed by atoms with Gasteiger partial charge in [0.1, 0.15) is 30.5 Å². The van der Waals surface area contributed by atoms with E-state index in [1.807, 2.05) is 19.9 Å². The van der Waals surface area contributed by atoms with E-state index in [9.17, 15) is 15.0 Å². The van der Waals surface area contributed by atoms with Gasteiger partial charge in [-0.05, 0) is 32.3 Å². The van der Waals surface area contributed by atoms with Crippen LogP contribution in [0.4, 0.5) is 0 Å². The van der Waals surface area contributed by atoms with E-state index in [4.69, 9.17) is 14.2 Å². The summed E-state index contributed by atoms with van der Waals surface area (Å²) in [4.78, 5) is 11.4. The fourth-order valence-corrected chi connectivity index (χ4v) is 4.18. The van der Waals surface area contributed by atoms with Crippen molar-refractivity contribution in [3.8, 4) is 0 Å². The number of allylic oxidation sites excluding steroid dienone is 1. The van der Waals surface area contributed by atoms with Gasteiger partial charge >= 0.3 is 5.97 Å². The summed E-state index contributed by atoms with van der Waals surface area (Å²) in [5.74, 6) is -0.383. The van der Waals surface area contributed by atoms with Crippen LogP contribution in [0.1, 0.15) is 59.8 Å². The third-order valence-corrected chi connectivity index (χ3v) is 5.95. The van der Waals surface area contributed by atoms with Crippen molar-refractivity contribution in [1.29, 1.82) is 0 Å². The SMILES string of the molecule is CCCCCC=CC1=C(COC(C)=O)[C@@H]2OC(C)(C)[C@@H](O)C[C@@]23O[C@H]3[C@@H]1O. The highest BCUT2D eigenvalue weighted by molar-refractivity contribution is 5.66. The molecule has 3 aliphatic rings. The first kappa shape index (κ1) is 20.5. The lowest BCUT2D eigenvalue weighted by Crippen LogP contribution is -2.59. The Kier molecular flexibility index (Phi) is 5.82. The Morgan fingerprint density at radius 3 is 2.70 bits per heavy atom. The Bertz CT molecular complexity index is 637. The molecule has 0 aromatic heterocycles. The maximum absolute atomic E-state index is 11.4. The van der Waals surface area contributed by atoms with E-state index >= 15 is 0 Å². The van der Waals surface area contributed by atoms with Crippen molar-refractivity contribution in [2.24, 2.45) is 0 Å². The minimum absolute atomic E-state index is 0.0513. The summed E-state index contributed by atoms with van der Waals surface area (Å²) in [7, 11) is 0. The monoisotopic (exact) mass is 380 g/mol. The summed E-state index contributed by atoms with van der Waals surface area (Å²) in [5.41, 5.74) is -0.0311. The number of carbonyl (C=O) groups excluding carboxylic acids is 1. The van der Waals surface area contributed by atoms with E-state index in [0.717, 1.165) is 24.8 Å². The molecule has 2 heterocycles. The number of aliphatic hydroxyl groups is 2. The minimum Gasteiger partial charge on any atom is -0.461 e. The molecule has 0 radical (unpaired) electrons. The highest BCUT2D eigenvalue weighted by atomic mass is 16.7. The molecule has 6 nitrogen and oxygen atoms in total. The second kappa shape index (κ2) is 7.66. The van der Waals surface area contributed by atoms with Gasteiger partial charge in [0.2, 0.25) is 0 Å². The minimum atomic E-state index is -0.814. The van der Waals surface area contributed by atoms with Crippen LogP contribution in [0.3, 0.4) is 0 Å². The molecule has 3 rings (SSSR count). The largest absolute Gasteiger partial charge is 0.461 e. The van der Waals surface area contributed by atoms with Gasteiger partial charge in [-0.1, -0.05) is 31.9 Å². The number of ether oxygens (including phenoxy) is 3. The molecule has 2 N–H and O–H groups in total. The van der Waals surface area contributed by atoms with Crippen molar-refractivity contribution < 1.29 is 29.2 Å². The quantitative estimate of drug-likeness (QED) is 0.401. The highest BCUT2D eigenvalue weighted by Crippen LogP contribution is 2.58. The Morgan fingerprint density at radius 1 is 1.30 bits per heavy atom. The fourth-order valence-electron chi connectivity index (χ4n) is 4.18. The van der Waals surface area contributed by atoms with Crippen LogP contribution in [0, 0.1) is 0 Å². The number of unbranched alkanes of at least 4 members (excludes halogenated alkanes) is 3. The van der Waals surface area contributed by atoms with E-state index < -0.39 is 35.6 Å². The standard InChI is InChI=1S/C21H32O6/c1-5-6-7-8-9-10-14-15(12-25-13(2)22)18-21(19(27-21)17(14)24)11-16(23)20(3,4)26-18/h9-10,16-19,23-24H,5-8,11-12H2,1-4H3/t16-,17+,18-,19-,21+/m0/s1. The number of hydrogen-bond donors (Lipinski definition) is 2. The topological polar surface area (TPSA) is 88.5 Å². The number of hydrogen-bond acceptors (Lipinski definition) is 6. The highest BCUT2D eigenvalue weighted by Gasteiger charge is 2.72. The third-order valence-electron chi connectivity index (χ3n) is 5.95. The Hall–Kier alpha value is -1.21. The van der Waals surface area contributed by atoms with Crippen LogP contribution in [0.15, 0.2) is 23.3 Å². The maximum Gasteiger partial charge on any atom is 0.302 e. The second-order valence-electron chi connectivity index (χ2n) is 8.42. The summed E-state index contributed by atoms with van der Waals surface area (Å²) < 4.78 is 17.4. The molecule has 152 valence electrons. The normalized spacial score (nSPS) is 37.1. The van der Waals surface area contributed by atoms with Crippen LogP contribution >= 0.6 is 0 Å². The van der Waals surface area contributed by atoms with Gasteiger partial charge in [0.15, 0.2) is 0 Å². The predicted molar refractivity (Wildman–Crippen MR) is 100 cm³/mol. The predicted octanol–water partition coefficient (Wildman–Crippen LogP) is 2.42. The number of carbonyl (C=O) groups is 1. The molecule has 0 unspecified atom stereocenters. The summed E-state index contributed by atoms with van der Waals surface area (Å²) in [6.07, 6.45) is 6.37. The third kappa shape index (κ3) is 3.86. The molecule has 2 saturated heterocycles. The van der Waals surface area contributed by atoms with Gasteiger partial charge < -0.3 is 24.4 Å². The first-order valence-corrected chi connectivity index (χ1v) is 9.97. The molecule has 0 saturated carbocycles. The zero-order valence-corrected chi connectivity index (χ0v) is 16.7. The van der Waals surface area contributed by atoms with Crippen molar-refractivity contribution in [1.82, 2.24) is 0 Å². The number of aliphatic hydroxyl groups excluding tert-OH is 2. The van der Waals surface area contributed by atoms with Crippen molar-refractivity contribution >= 4 is 5.97 Å². The zero-order chi connectivity index (χ0) is 19.8. The first-order chi connectivity index (χ1) is 12.7. The van der Waals surface area contributed by atoms with Crippen molar-refractivity contribution in [2.75, 3.05) is 6.61 Å². The number of rotatable bonds is 7. The van der Waals surface area contributed by atoms with Gasteiger partial charge in [-0.2, -0.15) is 0 Å². The van der Waals surface area contributed by atoms with Crippen molar-refractivity contribution in [3.63, 3.8) is 0 Å². The van der Waals surface area contributed by atoms with Crippen LogP contribution in [-0.4, -0.2) is 58.4 Å². The first-order valence-electron chi connectivity index (χ1n) is 9.97. The lowest BCUT2D eigenvalue weighted by atomic mass is 9.72. The molecular weight excluding hydrogens is 348 g/mol. The van der Waals surface area contributed by atoms with E-state index in [1.54, 1.807) is 0 Å². The molecule has 0 aromatic rings. The molecule has 1 spiro atoms. The lowest BCUT2D eigenvalue weighted by molar-refractivity contribution is -0.191. The van der Waals surface area contributed by atoms with E-state index in [-0.39, 0.29) is 12.6 Å². The fraction of sp³-hybridized carbons (Fsp3) is 0.762. The van der Waals surface area contributed by atoms with E-state index in [0.29, 0.717) is 12.0 Å². The van der Waals surface area contributed by atoms with Crippen LogP contribution in [0.25, 0.3) is 0 Å². The Morgan fingerprint density at radius 2 is 2.04 bits per heavy atom. The lowest BCUT2D eigenvalue weighted by Gasteiger charge is -2.46. The molecule has 2 fully saturated rings. The van der Waals surface area contributed by atoms with Gasteiger partial charge in [0, 0.05) is 18.9 Å². The molecule has 2 aliphatic heterocycles. The van der Waals surface area contributed by atoms with Gasteiger partial charge in [-0.15, -0.1) is 0 Å². The average molecular weight is 380 g/mol. The van der Waals surface area contributed by atoms with E-state index in [2.05, 4.69) is 13.0 Å². The smallest absolute Gasteiger partial charge is 0.302 e. The summed E-state index contributed by atoms with van der Waals surface area (Å²) in [6, 6.07) is 0. The molecule has 0 bridgehead atoms. The van der Waals surface area contributed by atoms with Gasteiger partial charge in [-0.3, -0.25) is 4.79 Å². The molecule has 5 atom stereocenters. The van der Waals surface area contributed by atoms with E-state index in [1.165, 1.54) is 13.3 Å². The molecule has 0 aromatic carbocycles. The van der Waals surface area contributed by atoms with Crippen LogP contribution < -0.4 is 0 Å². The second-order valence-corrected chi connectivity index (χ2v) is 8.42. The van der Waals surface area contributed by atoms with Crippen molar-refractivity contribution in [3.05, 3.63) is 23.3 Å². The molecule has 6 heteroatoms. The molecular formula is C21H32O6. The van der Waals surface area contributed by atoms with Gasteiger partial charge in [0.25, 0.3) is 0 Å². The summed E-state index contributed by atoms with van der Waals surface area (Å²) in [5, 5.41) is 21.3. The number of epoxide rings is 1. The Labute approximate surface area is 161 Å². The van der Waals surface area contributed by atoms with Crippen LogP contribution in [0.5, 0.6) is 0 Å². The zero-order valence-electron chi connectivity index (χ0n) is 16.7. The molecule has 1 aliphatic carbocycles. The molecule has 27 heavy (non-hydrogen) atoms. The van der Waals surface area contributed by atoms with Gasteiger partial charge in [-0.25, -0.2) is 0 Å². The van der Waals surface area contributed by atoms with Crippen molar-refractivity contribution in [2.45, 2.75) is 95.4 Å². The average Bonchev–Trinajstić information content (AvgIpc) is 3.31. The Balaban J connectivity index is 1.90. The van der Waals surface area contributed by atoms with Crippen LogP contribution in [-0.2, 0) is 19.0 Å².